The number of unbranched alkanes of at least 4 members (excludes halogenated alkanes) is 8. The van der Waals surface area contributed by atoms with E-state index in [0.29, 0.717) is 10.9 Å². The lowest BCUT2D eigenvalue weighted by Gasteiger charge is -2.29. The van der Waals surface area contributed by atoms with Gasteiger partial charge in [0.25, 0.3) is 0 Å². The zero-order valence-corrected chi connectivity index (χ0v) is 17.0. The van der Waals surface area contributed by atoms with Gasteiger partial charge in [0, 0.05) is 18.9 Å². The van der Waals surface area contributed by atoms with Crippen molar-refractivity contribution in [2.75, 3.05) is 27.2 Å². The number of likely N-dealkylation sites (N-methyl/N-ethyl adjacent to an activating group) is 1. The van der Waals surface area contributed by atoms with Crippen LogP contribution < -0.4 is 5.32 Å². The summed E-state index contributed by atoms with van der Waals surface area (Å²) >= 11 is 0. The Morgan fingerprint density at radius 1 is 0.960 bits per heavy atom. The molecule has 0 saturated carbocycles. The van der Waals surface area contributed by atoms with Crippen LogP contribution in [-0.4, -0.2) is 54.7 Å². The molecule has 5 nitrogen and oxygen atoms in total. The molecule has 0 saturated heterocycles. The summed E-state index contributed by atoms with van der Waals surface area (Å²) in [6, 6.07) is 0.0947. The Bertz CT molecular complexity index is 370. The summed E-state index contributed by atoms with van der Waals surface area (Å²) in [7, 11) is 3.82. The minimum atomic E-state index is -0.785. The van der Waals surface area contributed by atoms with Crippen LogP contribution in [0, 0.1) is 0 Å². The molecule has 0 aromatic carbocycles. The lowest BCUT2D eigenvalue weighted by molar-refractivity contribution is -0.883. The molecule has 0 aliphatic carbocycles. The number of carboxylic acids is 1. The Balaban J connectivity index is 3.63. The van der Waals surface area contributed by atoms with E-state index in [4.69, 9.17) is 5.11 Å². The maximum Gasteiger partial charge on any atom is 0.359 e. The normalized spacial score (nSPS) is 12.8. The summed E-state index contributed by atoms with van der Waals surface area (Å²) in [5, 5.41) is 11.9. The van der Waals surface area contributed by atoms with Gasteiger partial charge in [0.05, 0.1) is 20.6 Å². The van der Waals surface area contributed by atoms with Gasteiger partial charge in [-0.2, -0.15) is 0 Å². The van der Waals surface area contributed by atoms with Crippen LogP contribution in [0.15, 0.2) is 0 Å². The van der Waals surface area contributed by atoms with Crippen molar-refractivity contribution < 1.29 is 19.2 Å². The van der Waals surface area contributed by atoms with Gasteiger partial charge in [-0.1, -0.05) is 58.3 Å². The third-order valence-electron chi connectivity index (χ3n) is 4.65. The van der Waals surface area contributed by atoms with Gasteiger partial charge in [0.15, 0.2) is 6.54 Å². The fourth-order valence-corrected chi connectivity index (χ4v) is 3.00. The molecule has 0 aliphatic rings. The van der Waals surface area contributed by atoms with Crippen molar-refractivity contribution in [3.63, 3.8) is 0 Å². The van der Waals surface area contributed by atoms with Crippen LogP contribution in [0.25, 0.3) is 0 Å². The lowest BCUT2D eigenvalue weighted by Crippen LogP contribution is -2.46. The molecule has 0 spiro atoms. The van der Waals surface area contributed by atoms with E-state index in [9.17, 15) is 9.59 Å². The molecule has 0 aromatic heterocycles. The molecule has 148 valence electrons. The number of aliphatic carboxylic acids is 1. The minimum absolute atomic E-state index is 0.0947. The molecule has 0 radical (unpaired) electrons. The Kier molecular flexibility index (Phi) is 13.5. The maximum absolute atomic E-state index is 12.0. The molecule has 1 unspecified atom stereocenters. The number of nitrogens with zero attached hydrogens (tertiary/aromatic N) is 1. The van der Waals surface area contributed by atoms with Crippen LogP contribution in [0.5, 0.6) is 0 Å². The van der Waals surface area contributed by atoms with Crippen molar-refractivity contribution in [3.8, 4) is 0 Å². The van der Waals surface area contributed by atoms with Gasteiger partial charge in [-0.05, 0) is 13.3 Å². The average Bonchev–Trinajstić information content (AvgIpc) is 2.50. The van der Waals surface area contributed by atoms with Crippen molar-refractivity contribution >= 4 is 11.9 Å². The van der Waals surface area contributed by atoms with Gasteiger partial charge in [-0.15, -0.1) is 0 Å². The predicted octanol–water partition coefficient (Wildman–Crippen LogP) is 3.96. The number of nitrogens with one attached hydrogen (secondary N) is 1. The molecular weight excluding hydrogens is 316 g/mol. The molecule has 5 heteroatoms. The van der Waals surface area contributed by atoms with Crippen molar-refractivity contribution in [2.24, 2.45) is 0 Å². The van der Waals surface area contributed by atoms with E-state index < -0.39 is 5.97 Å². The highest BCUT2D eigenvalue weighted by atomic mass is 16.4. The number of rotatable bonds is 16. The first kappa shape index (κ1) is 23.9. The first-order valence-corrected chi connectivity index (χ1v) is 10.1. The molecule has 1 atom stereocenters. The molecule has 0 bridgehead atoms. The average molecular weight is 358 g/mol. The topological polar surface area (TPSA) is 66.4 Å². The maximum atomic E-state index is 12.0. The number of carboxylic acid groups (broad SMARTS) is 1. The third kappa shape index (κ3) is 16.1. The fraction of sp³-hybridized carbons (Fsp3) is 0.900. The molecule has 0 aromatic rings. The summed E-state index contributed by atoms with van der Waals surface area (Å²) in [5.41, 5.74) is 0. The zero-order chi connectivity index (χ0) is 19.1. The van der Waals surface area contributed by atoms with E-state index in [-0.39, 0.29) is 18.5 Å². The number of hydrogen-bond acceptors (Lipinski definition) is 2. The first-order chi connectivity index (χ1) is 11.8. The molecule has 0 heterocycles. The van der Waals surface area contributed by atoms with Crippen LogP contribution in [0.4, 0.5) is 0 Å². The third-order valence-corrected chi connectivity index (χ3v) is 4.65. The van der Waals surface area contributed by atoms with Crippen molar-refractivity contribution in [2.45, 2.75) is 90.5 Å². The van der Waals surface area contributed by atoms with Gasteiger partial charge < -0.3 is 14.9 Å². The van der Waals surface area contributed by atoms with E-state index in [0.717, 1.165) is 25.8 Å². The Morgan fingerprint density at radius 2 is 1.48 bits per heavy atom. The highest BCUT2D eigenvalue weighted by Crippen LogP contribution is 2.10. The number of hydrogen-bond donors (Lipinski definition) is 2. The van der Waals surface area contributed by atoms with E-state index in [2.05, 4.69) is 12.2 Å². The van der Waals surface area contributed by atoms with Crippen LogP contribution in [-0.2, 0) is 9.59 Å². The van der Waals surface area contributed by atoms with Crippen LogP contribution in [0.3, 0.4) is 0 Å². The number of quaternary nitrogens is 1. The van der Waals surface area contributed by atoms with Crippen LogP contribution in [0.1, 0.15) is 84.5 Å². The van der Waals surface area contributed by atoms with Crippen molar-refractivity contribution in [1.29, 1.82) is 0 Å². The van der Waals surface area contributed by atoms with Gasteiger partial charge in [0.2, 0.25) is 5.91 Å². The van der Waals surface area contributed by atoms with Gasteiger partial charge in [-0.25, -0.2) is 4.79 Å². The van der Waals surface area contributed by atoms with E-state index in [1.165, 1.54) is 44.9 Å². The Labute approximate surface area is 154 Å². The molecular formula is C20H41N2O3+. The summed E-state index contributed by atoms with van der Waals surface area (Å²) in [4.78, 5) is 22.8. The molecule has 25 heavy (non-hydrogen) atoms. The largest absolute Gasteiger partial charge is 0.477 e. The first-order valence-electron chi connectivity index (χ1n) is 10.1. The Hall–Kier alpha value is -1.10. The van der Waals surface area contributed by atoms with Gasteiger partial charge in [-0.3, -0.25) is 4.79 Å². The van der Waals surface area contributed by atoms with Gasteiger partial charge >= 0.3 is 5.97 Å². The highest BCUT2D eigenvalue weighted by Gasteiger charge is 2.20. The monoisotopic (exact) mass is 357 g/mol. The van der Waals surface area contributed by atoms with Gasteiger partial charge in [0.1, 0.15) is 0 Å². The molecule has 1 amide bonds. The summed E-state index contributed by atoms with van der Waals surface area (Å²) in [5.74, 6) is -0.661. The predicted molar refractivity (Wildman–Crippen MR) is 104 cm³/mol. The van der Waals surface area contributed by atoms with E-state index in [1.54, 1.807) is 0 Å². The second-order valence-electron chi connectivity index (χ2n) is 8.05. The Morgan fingerprint density at radius 3 is 2.00 bits per heavy atom. The second-order valence-corrected chi connectivity index (χ2v) is 8.05. The number of carbonyl (C=O) groups is 2. The quantitative estimate of drug-likeness (QED) is 0.324. The van der Waals surface area contributed by atoms with Crippen LogP contribution in [0.2, 0.25) is 0 Å². The molecule has 2 N–H and O–H groups in total. The van der Waals surface area contributed by atoms with Crippen molar-refractivity contribution in [1.82, 2.24) is 5.32 Å². The highest BCUT2D eigenvalue weighted by molar-refractivity contribution is 5.76. The molecule has 0 fully saturated rings. The minimum Gasteiger partial charge on any atom is -0.477 e. The summed E-state index contributed by atoms with van der Waals surface area (Å²) in [6.45, 7) is 5.09. The molecule has 0 aliphatic heterocycles. The molecule has 0 rings (SSSR count). The summed E-state index contributed by atoms with van der Waals surface area (Å²) in [6.07, 6.45) is 12.7. The van der Waals surface area contributed by atoms with Crippen molar-refractivity contribution in [3.05, 3.63) is 0 Å². The standard InChI is InChI=1S/C20H40N2O3/c1-5-6-7-8-9-10-11-12-13-14-19(23)21-18(2)15-16-22(3,4)17-20(24)25/h18H,5-17H2,1-4H3,(H-,21,23,24,25)/p+1. The van der Waals surface area contributed by atoms with E-state index >= 15 is 0 Å². The number of carbonyl (C=O) groups excluding carboxylic acids is 1. The fourth-order valence-electron chi connectivity index (χ4n) is 3.00. The van der Waals surface area contributed by atoms with Crippen LogP contribution >= 0.6 is 0 Å². The SMILES string of the molecule is CCCCCCCCCCCC(=O)NC(C)CC[N+](C)(C)CC(=O)O. The summed E-state index contributed by atoms with van der Waals surface area (Å²) < 4.78 is 0.438. The lowest BCUT2D eigenvalue weighted by atomic mass is 10.1. The number of amides is 1. The second kappa shape index (κ2) is 14.1. The van der Waals surface area contributed by atoms with E-state index in [1.807, 2.05) is 21.0 Å². The smallest absolute Gasteiger partial charge is 0.359 e. The zero-order valence-electron chi connectivity index (χ0n) is 17.0.